The molecule has 8 nitrogen and oxygen atoms in total. The molecule has 1 unspecified atom stereocenters. The van der Waals surface area contributed by atoms with Gasteiger partial charge in [0.05, 0.1) is 11.0 Å². The Morgan fingerprint density at radius 2 is 2.04 bits per heavy atom. The molecule has 1 saturated heterocycles. The smallest absolute Gasteiger partial charge is 0.415 e. The Bertz CT molecular complexity index is 705. The lowest BCUT2D eigenvalue weighted by Gasteiger charge is -2.35. The Morgan fingerprint density at radius 3 is 2.54 bits per heavy atom. The van der Waals surface area contributed by atoms with Crippen molar-refractivity contribution in [3.05, 3.63) is 33.9 Å². The molecule has 26 heavy (non-hydrogen) atoms. The number of nitro groups is 1. The highest BCUT2D eigenvalue weighted by Gasteiger charge is 2.35. The maximum atomic E-state index is 12.8. The molecule has 0 radical (unpaired) electrons. The van der Waals surface area contributed by atoms with Crippen LogP contribution in [0.3, 0.4) is 0 Å². The van der Waals surface area contributed by atoms with E-state index in [1.807, 2.05) is 0 Å². The van der Waals surface area contributed by atoms with Gasteiger partial charge in [0.15, 0.2) is 5.78 Å². The average Bonchev–Trinajstić information content (AvgIpc) is 2.54. The zero-order valence-electron chi connectivity index (χ0n) is 15.6. The number of rotatable bonds is 4. The van der Waals surface area contributed by atoms with E-state index in [2.05, 4.69) is 5.32 Å². The summed E-state index contributed by atoms with van der Waals surface area (Å²) in [6.07, 6.45) is 0.922. The molecule has 8 heteroatoms. The van der Waals surface area contributed by atoms with E-state index in [1.165, 1.54) is 30.0 Å². The van der Waals surface area contributed by atoms with E-state index in [1.54, 1.807) is 20.8 Å². The summed E-state index contributed by atoms with van der Waals surface area (Å²) in [7, 11) is 0. The van der Waals surface area contributed by atoms with Crippen LogP contribution in [0.1, 0.15) is 50.9 Å². The van der Waals surface area contributed by atoms with Crippen LogP contribution in [-0.4, -0.2) is 41.5 Å². The van der Waals surface area contributed by atoms with Gasteiger partial charge in [0, 0.05) is 18.2 Å². The van der Waals surface area contributed by atoms with Crippen LogP contribution in [0.25, 0.3) is 0 Å². The molecule has 1 aliphatic heterocycles. The van der Waals surface area contributed by atoms with Gasteiger partial charge in [-0.05, 0) is 59.2 Å². The van der Waals surface area contributed by atoms with Gasteiger partial charge in [-0.1, -0.05) is 0 Å². The van der Waals surface area contributed by atoms with E-state index in [-0.39, 0.29) is 28.8 Å². The second-order valence-corrected chi connectivity index (χ2v) is 7.37. The molecule has 142 valence electrons. The van der Waals surface area contributed by atoms with Crippen molar-refractivity contribution in [2.24, 2.45) is 0 Å². The number of piperidine rings is 1. The molecule has 2 rings (SSSR count). The lowest BCUT2D eigenvalue weighted by Crippen LogP contribution is -2.50. The Balaban J connectivity index is 2.51. The molecular formula is C18H25N3O5. The predicted molar refractivity (Wildman–Crippen MR) is 97.7 cm³/mol. The van der Waals surface area contributed by atoms with Crippen LogP contribution in [0, 0.1) is 10.1 Å². The number of anilines is 1. The van der Waals surface area contributed by atoms with Crippen molar-refractivity contribution in [1.82, 2.24) is 5.32 Å². The number of nitro benzene ring substituents is 1. The fraction of sp³-hybridized carbons (Fsp3) is 0.556. The Morgan fingerprint density at radius 1 is 1.35 bits per heavy atom. The van der Waals surface area contributed by atoms with Gasteiger partial charge < -0.3 is 10.1 Å². The maximum absolute atomic E-state index is 12.8. The summed E-state index contributed by atoms with van der Waals surface area (Å²) < 4.78 is 5.49. The van der Waals surface area contributed by atoms with Crippen LogP contribution in [-0.2, 0) is 4.74 Å². The zero-order chi connectivity index (χ0) is 19.5. The number of ketones is 1. The van der Waals surface area contributed by atoms with Crippen LogP contribution in [0.5, 0.6) is 0 Å². The first-order valence-corrected chi connectivity index (χ1v) is 8.62. The number of nitrogens with zero attached hydrogens (tertiary/aromatic N) is 2. The largest absolute Gasteiger partial charge is 0.443 e. The second-order valence-electron chi connectivity index (χ2n) is 7.37. The number of benzene rings is 1. The van der Waals surface area contributed by atoms with Gasteiger partial charge in [-0.3, -0.25) is 19.8 Å². The van der Waals surface area contributed by atoms with Gasteiger partial charge in [0.2, 0.25) is 0 Å². The molecule has 1 aromatic carbocycles. The maximum Gasteiger partial charge on any atom is 0.415 e. The molecule has 1 aliphatic rings. The first kappa shape index (κ1) is 19.8. The van der Waals surface area contributed by atoms with Crippen molar-refractivity contribution in [1.29, 1.82) is 0 Å². The molecule has 0 saturated carbocycles. The number of carbonyl (C=O) groups is 2. The Labute approximate surface area is 152 Å². The highest BCUT2D eigenvalue weighted by atomic mass is 16.6. The van der Waals surface area contributed by atoms with E-state index in [0.717, 1.165) is 13.0 Å². The quantitative estimate of drug-likeness (QED) is 0.500. The molecule has 1 heterocycles. The second kappa shape index (κ2) is 7.82. The number of ether oxygens (including phenoxy) is 1. The van der Waals surface area contributed by atoms with Crippen molar-refractivity contribution in [2.45, 2.75) is 52.2 Å². The van der Waals surface area contributed by atoms with E-state index in [4.69, 9.17) is 4.74 Å². The van der Waals surface area contributed by atoms with Crippen LogP contribution in [0.4, 0.5) is 16.2 Å². The number of hydrogen-bond donors (Lipinski definition) is 1. The van der Waals surface area contributed by atoms with Crippen molar-refractivity contribution < 1.29 is 19.2 Å². The van der Waals surface area contributed by atoms with Crippen molar-refractivity contribution in [2.75, 3.05) is 18.0 Å². The van der Waals surface area contributed by atoms with Crippen LogP contribution in [0.15, 0.2) is 18.2 Å². The topological polar surface area (TPSA) is 102 Å². The molecule has 1 atom stereocenters. The minimum Gasteiger partial charge on any atom is -0.443 e. The van der Waals surface area contributed by atoms with Crippen LogP contribution in [0.2, 0.25) is 0 Å². The van der Waals surface area contributed by atoms with Gasteiger partial charge in [-0.25, -0.2) is 4.79 Å². The third-order valence-corrected chi connectivity index (χ3v) is 4.06. The Hall–Kier alpha value is -2.48. The number of hydrogen-bond acceptors (Lipinski definition) is 6. The highest BCUT2D eigenvalue weighted by Crippen LogP contribution is 2.33. The van der Waals surface area contributed by atoms with E-state index in [0.29, 0.717) is 13.0 Å². The molecule has 0 aromatic heterocycles. The fourth-order valence-corrected chi connectivity index (χ4v) is 2.90. The van der Waals surface area contributed by atoms with E-state index >= 15 is 0 Å². The van der Waals surface area contributed by atoms with Crippen molar-refractivity contribution in [3.63, 3.8) is 0 Å². The van der Waals surface area contributed by atoms with Gasteiger partial charge in [0.25, 0.3) is 5.69 Å². The molecule has 0 bridgehead atoms. The highest BCUT2D eigenvalue weighted by molar-refractivity contribution is 5.97. The number of Topliss-reactive ketones (excluding diaryl/α,β-unsaturated/α-hetero) is 1. The first-order chi connectivity index (χ1) is 12.1. The Kier molecular flexibility index (Phi) is 5.97. The predicted octanol–water partition coefficient (Wildman–Crippen LogP) is 3.29. The lowest BCUT2D eigenvalue weighted by atomic mass is 10.0. The zero-order valence-corrected chi connectivity index (χ0v) is 15.6. The number of nitrogens with one attached hydrogen (secondary N) is 1. The standard InChI is InChI=1S/C18H25N3O5/c1-12(22)13-7-8-15(16(10-13)21(24)25)20(14-6-5-9-19-11-14)17(23)26-18(2,3)4/h7-8,10,14,19H,5-6,9,11H2,1-4H3. The molecule has 1 fully saturated rings. The lowest BCUT2D eigenvalue weighted by molar-refractivity contribution is -0.384. The fourth-order valence-electron chi connectivity index (χ4n) is 2.90. The van der Waals surface area contributed by atoms with Gasteiger partial charge in [-0.2, -0.15) is 0 Å². The van der Waals surface area contributed by atoms with Gasteiger partial charge >= 0.3 is 6.09 Å². The summed E-state index contributed by atoms with van der Waals surface area (Å²) in [5.41, 5.74) is -0.644. The summed E-state index contributed by atoms with van der Waals surface area (Å²) in [6.45, 7) is 7.94. The SMILES string of the molecule is CC(=O)c1ccc(N(C(=O)OC(C)(C)C)C2CCCNC2)c([N+](=O)[O-])c1. The van der Waals surface area contributed by atoms with Crippen molar-refractivity contribution >= 4 is 23.3 Å². The monoisotopic (exact) mass is 363 g/mol. The first-order valence-electron chi connectivity index (χ1n) is 8.62. The average molecular weight is 363 g/mol. The molecule has 1 N–H and O–H groups in total. The normalized spacial score (nSPS) is 17.5. The summed E-state index contributed by atoms with van der Waals surface area (Å²) in [4.78, 5) is 36.8. The summed E-state index contributed by atoms with van der Waals surface area (Å²) in [5.74, 6) is -0.275. The van der Waals surface area contributed by atoms with E-state index in [9.17, 15) is 19.7 Å². The van der Waals surface area contributed by atoms with Crippen molar-refractivity contribution in [3.8, 4) is 0 Å². The molecule has 0 spiro atoms. The summed E-state index contributed by atoms with van der Waals surface area (Å²) in [6, 6.07) is 3.90. The number of carbonyl (C=O) groups excluding carboxylic acids is 2. The molecule has 1 amide bonds. The van der Waals surface area contributed by atoms with Crippen LogP contribution < -0.4 is 10.2 Å². The third-order valence-electron chi connectivity index (χ3n) is 4.06. The van der Waals surface area contributed by atoms with Gasteiger partial charge in [-0.15, -0.1) is 0 Å². The van der Waals surface area contributed by atoms with E-state index < -0.39 is 16.6 Å². The molecule has 0 aliphatic carbocycles. The summed E-state index contributed by atoms with van der Waals surface area (Å²) in [5, 5.41) is 14.8. The van der Waals surface area contributed by atoms with Crippen LogP contribution >= 0.6 is 0 Å². The van der Waals surface area contributed by atoms with Gasteiger partial charge in [0.1, 0.15) is 11.3 Å². The number of amides is 1. The molecular weight excluding hydrogens is 338 g/mol. The molecule has 1 aromatic rings. The minimum absolute atomic E-state index is 0.142. The third kappa shape index (κ3) is 4.78. The summed E-state index contributed by atoms with van der Waals surface area (Å²) >= 11 is 0. The minimum atomic E-state index is -0.731.